The monoisotopic (exact) mass is 504 g/mol. The second-order valence-corrected chi connectivity index (χ2v) is 7.99. The fourth-order valence-electron chi connectivity index (χ4n) is 3.11. The molecule has 0 aliphatic rings. The molecule has 0 bridgehead atoms. The van der Waals surface area contributed by atoms with Crippen LogP contribution in [-0.4, -0.2) is 6.61 Å². The molecule has 0 atom stereocenters. The van der Waals surface area contributed by atoms with E-state index < -0.39 is 6.10 Å². The van der Waals surface area contributed by atoms with Crippen LogP contribution in [0.4, 0.5) is 0 Å². The lowest BCUT2D eigenvalue weighted by atomic mass is 10.0. The Morgan fingerprint density at radius 2 is 1.32 bits per heavy atom. The molecule has 2 aromatic carbocycles. The number of rotatable bonds is 4. The molecule has 0 aliphatic carbocycles. The Balaban J connectivity index is 1.96. The van der Waals surface area contributed by atoms with Gasteiger partial charge in [0.1, 0.15) is 29.8 Å². The van der Waals surface area contributed by atoms with Gasteiger partial charge in [-0.25, -0.2) is 0 Å². The van der Waals surface area contributed by atoms with Crippen molar-refractivity contribution in [3.05, 3.63) is 89.4 Å². The zero-order valence-electron chi connectivity index (χ0n) is 14.7. The van der Waals surface area contributed by atoms with Crippen LogP contribution >= 0.6 is 31.9 Å². The molecule has 4 aromatic rings. The fraction of sp³-hybridized carbons (Fsp3) is 0.143. The molecule has 142 valence electrons. The van der Waals surface area contributed by atoms with Crippen molar-refractivity contribution in [1.82, 2.24) is 0 Å². The van der Waals surface area contributed by atoms with E-state index in [0.717, 1.165) is 8.95 Å². The highest BCUT2D eigenvalue weighted by molar-refractivity contribution is 9.10. The summed E-state index contributed by atoms with van der Waals surface area (Å²) >= 11 is 6.74. The third-order valence-corrected chi connectivity index (χ3v) is 5.41. The van der Waals surface area contributed by atoms with Crippen molar-refractivity contribution < 1.29 is 13.6 Å². The molecule has 28 heavy (non-hydrogen) atoms. The number of benzene rings is 2. The van der Waals surface area contributed by atoms with E-state index in [4.69, 9.17) is 13.6 Å². The van der Waals surface area contributed by atoms with Crippen molar-refractivity contribution in [3.8, 4) is 0 Å². The maximum atomic E-state index is 13.1. The number of fused-ring (bicyclic) bond motifs is 2. The summed E-state index contributed by atoms with van der Waals surface area (Å²) in [6.07, 6.45) is 1.80. The molecule has 2 heterocycles. The van der Waals surface area contributed by atoms with Gasteiger partial charge in [-0.05, 0) is 43.3 Å². The first-order valence-electron chi connectivity index (χ1n) is 8.53. The predicted molar refractivity (Wildman–Crippen MR) is 114 cm³/mol. The Labute approximate surface area is 176 Å². The molecule has 4 rings (SSSR count). The molecular formula is C21H14Br2O5. The predicted octanol–water partition coefficient (Wildman–Crippen LogP) is 5.55. The average Bonchev–Trinajstić information content (AvgIpc) is 2.68. The maximum absolute atomic E-state index is 13.1. The minimum atomic E-state index is -0.899. The van der Waals surface area contributed by atoms with Gasteiger partial charge in [0.25, 0.3) is 0 Å². The zero-order valence-corrected chi connectivity index (χ0v) is 17.9. The minimum absolute atomic E-state index is 0.245. The zero-order chi connectivity index (χ0) is 19.8. The Morgan fingerprint density at radius 1 is 0.857 bits per heavy atom. The lowest BCUT2D eigenvalue weighted by Crippen LogP contribution is -2.22. The summed E-state index contributed by atoms with van der Waals surface area (Å²) in [6, 6.07) is 10.4. The third-order valence-electron chi connectivity index (χ3n) is 4.42. The lowest BCUT2D eigenvalue weighted by Gasteiger charge is -2.16. The van der Waals surface area contributed by atoms with Gasteiger partial charge in [-0.15, -0.1) is 0 Å². The summed E-state index contributed by atoms with van der Waals surface area (Å²) in [5, 5.41) is 0.814. The van der Waals surface area contributed by atoms with E-state index in [1.165, 1.54) is 12.5 Å². The molecule has 0 spiro atoms. The van der Waals surface area contributed by atoms with Gasteiger partial charge in [0.15, 0.2) is 10.9 Å². The molecule has 7 heteroatoms. The van der Waals surface area contributed by atoms with E-state index in [2.05, 4.69) is 31.9 Å². The maximum Gasteiger partial charge on any atom is 0.198 e. The summed E-state index contributed by atoms with van der Waals surface area (Å²) in [6.45, 7) is 2.10. The Bertz CT molecular complexity index is 1210. The third kappa shape index (κ3) is 3.34. The Morgan fingerprint density at radius 3 is 1.75 bits per heavy atom. The van der Waals surface area contributed by atoms with Gasteiger partial charge in [-0.1, -0.05) is 31.9 Å². The van der Waals surface area contributed by atoms with Crippen LogP contribution in [0.2, 0.25) is 0 Å². The van der Waals surface area contributed by atoms with Crippen molar-refractivity contribution in [2.45, 2.75) is 13.0 Å². The molecule has 0 saturated carbocycles. The van der Waals surface area contributed by atoms with E-state index in [0.29, 0.717) is 28.5 Å². The topological polar surface area (TPSA) is 69.7 Å². The van der Waals surface area contributed by atoms with Crippen LogP contribution < -0.4 is 10.9 Å². The van der Waals surface area contributed by atoms with Gasteiger partial charge in [-0.3, -0.25) is 9.59 Å². The van der Waals surface area contributed by atoms with Gasteiger partial charge in [-0.2, -0.15) is 0 Å². The molecular weight excluding hydrogens is 492 g/mol. The molecule has 0 N–H and O–H groups in total. The Hall–Kier alpha value is -2.22. The fourth-order valence-corrected chi connectivity index (χ4v) is 3.83. The highest BCUT2D eigenvalue weighted by Gasteiger charge is 2.24. The first kappa shape index (κ1) is 19.1. The van der Waals surface area contributed by atoms with E-state index >= 15 is 0 Å². The van der Waals surface area contributed by atoms with Crippen LogP contribution in [0.15, 0.2) is 76.3 Å². The molecule has 2 aromatic heterocycles. The summed E-state index contributed by atoms with van der Waals surface area (Å²) < 4.78 is 18.6. The van der Waals surface area contributed by atoms with E-state index in [1.54, 1.807) is 43.3 Å². The van der Waals surface area contributed by atoms with E-state index in [1.807, 2.05) is 0 Å². The smallest absolute Gasteiger partial charge is 0.198 e. The molecule has 0 aliphatic heterocycles. The van der Waals surface area contributed by atoms with Crippen LogP contribution in [0.25, 0.3) is 21.9 Å². The highest BCUT2D eigenvalue weighted by Crippen LogP contribution is 2.27. The van der Waals surface area contributed by atoms with Gasteiger partial charge < -0.3 is 13.6 Å². The molecule has 0 amide bonds. The SMILES string of the molecule is CCOC(c1coc2ccc(Br)cc2c1=O)c1coc2ccc(Br)cc2c1=O. The molecule has 0 saturated heterocycles. The van der Waals surface area contributed by atoms with Crippen molar-refractivity contribution in [1.29, 1.82) is 0 Å². The Kier molecular flexibility index (Phi) is 5.23. The quantitative estimate of drug-likeness (QED) is 0.363. The van der Waals surface area contributed by atoms with Crippen LogP contribution in [0, 0.1) is 0 Å². The first-order chi connectivity index (χ1) is 13.5. The van der Waals surface area contributed by atoms with E-state index in [-0.39, 0.29) is 22.0 Å². The second kappa shape index (κ2) is 7.66. The second-order valence-electron chi connectivity index (χ2n) is 6.16. The number of halogens is 2. The summed E-state index contributed by atoms with van der Waals surface area (Å²) in [7, 11) is 0. The number of hydrogen-bond donors (Lipinski definition) is 0. The average molecular weight is 506 g/mol. The van der Waals surface area contributed by atoms with Gasteiger partial charge in [0.05, 0.1) is 21.9 Å². The minimum Gasteiger partial charge on any atom is -0.464 e. The van der Waals surface area contributed by atoms with Gasteiger partial charge >= 0.3 is 0 Å². The molecule has 0 fully saturated rings. The molecule has 5 nitrogen and oxygen atoms in total. The number of ether oxygens (including phenoxy) is 1. The molecule has 0 unspecified atom stereocenters. The summed E-state index contributed by atoms with van der Waals surface area (Å²) in [5.74, 6) is 0. The highest BCUT2D eigenvalue weighted by atomic mass is 79.9. The van der Waals surface area contributed by atoms with Crippen molar-refractivity contribution >= 4 is 53.8 Å². The van der Waals surface area contributed by atoms with Crippen LogP contribution in [-0.2, 0) is 4.74 Å². The summed E-state index contributed by atoms with van der Waals surface area (Å²) in [4.78, 5) is 26.2. The van der Waals surface area contributed by atoms with Gasteiger partial charge in [0.2, 0.25) is 0 Å². The summed E-state index contributed by atoms with van der Waals surface area (Å²) in [5.41, 5.74) is 0.899. The van der Waals surface area contributed by atoms with Crippen molar-refractivity contribution in [2.75, 3.05) is 6.61 Å². The van der Waals surface area contributed by atoms with Crippen molar-refractivity contribution in [3.63, 3.8) is 0 Å². The van der Waals surface area contributed by atoms with E-state index in [9.17, 15) is 9.59 Å². The van der Waals surface area contributed by atoms with Crippen molar-refractivity contribution in [2.24, 2.45) is 0 Å². The van der Waals surface area contributed by atoms with Crippen LogP contribution in [0.1, 0.15) is 24.2 Å². The lowest BCUT2D eigenvalue weighted by molar-refractivity contribution is 0.0877. The normalized spacial score (nSPS) is 11.6. The largest absolute Gasteiger partial charge is 0.464 e. The first-order valence-corrected chi connectivity index (χ1v) is 10.1. The number of hydrogen-bond acceptors (Lipinski definition) is 5. The molecule has 0 radical (unpaired) electrons. The van der Waals surface area contributed by atoms with Crippen LogP contribution in [0.3, 0.4) is 0 Å². The van der Waals surface area contributed by atoms with Crippen LogP contribution in [0.5, 0.6) is 0 Å². The standard InChI is InChI=1S/C21H14Br2O5/c1-2-26-21(15-9-27-17-5-3-11(22)7-13(17)19(15)24)16-10-28-18-6-4-12(23)8-14(18)20(16)25/h3-10,21H,2H2,1H3. The van der Waals surface area contributed by atoms with Gasteiger partial charge in [0, 0.05) is 15.6 Å².